The lowest BCUT2D eigenvalue weighted by atomic mass is 9.83. The third-order valence-corrected chi connectivity index (χ3v) is 7.06. The van der Waals surface area contributed by atoms with Gasteiger partial charge in [-0.3, -0.25) is 14.4 Å². The number of hydrogen-bond donors (Lipinski definition) is 1. The summed E-state index contributed by atoms with van der Waals surface area (Å²) in [5.74, 6) is -0.804. The fourth-order valence-corrected chi connectivity index (χ4v) is 5.65. The van der Waals surface area contributed by atoms with Crippen LogP contribution in [-0.4, -0.2) is 44.1 Å². The first kappa shape index (κ1) is 20.2. The Kier molecular flexibility index (Phi) is 6.86. The average molecular weight is 370 g/mol. The molecule has 6 nitrogen and oxygen atoms in total. The van der Waals surface area contributed by atoms with E-state index in [-0.39, 0.29) is 11.7 Å². The molecule has 1 heterocycles. The molecule has 1 amide bonds. The number of piperidine rings is 1. The van der Waals surface area contributed by atoms with Crippen LogP contribution in [-0.2, 0) is 14.8 Å². The van der Waals surface area contributed by atoms with Crippen LogP contribution in [0.25, 0.3) is 0 Å². The first-order chi connectivity index (χ1) is 11.7. The number of likely N-dealkylation sites (tertiary alicyclic amines) is 1. The molecule has 0 radical (unpaired) electrons. The maximum atomic E-state index is 12.5. The van der Waals surface area contributed by atoms with Crippen molar-refractivity contribution >= 4 is 15.9 Å². The number of rotatable bonds is 5. The largest absolute Gasteiger partial charge is 0.300 e. The lowest BCUT2D eigenvalue weighted by Crippen LogP contribution is -2.49. The maximum absolute atomic E-state index is 12.5. The van der Waals surface area contributed by atoms with Gasteiger partial charge in [0.2, 0.25) is 15.9 Å². The number of carbonyl (C=O) groups is 1. The molecule has 0 spiro atoms. The van der Waals surface area contributed by atoms with Crippen molar-refractivity contribution in [2.24, 2.45) is 23.7 Å². The minimum Gasteiger partial charge on any atom is -0.300 e. The number of carbonyl (C=O) groups excluding carboxylic acids is 1. The summed E-state index contributed by atoms with van der Waals surface area (Å²) in [4.78, 5) is 14.7. The molecule has 2 fully saturated rings. The summed E-state index contributed by atoms with van der Waals surface area (Å²) >= 11 is 0. The molecule has 142 valence electrons. The van der Waals surface area contributed by atoms with Gasteiger partial charge in [-0.15, -0.1) is 0 Å². The Morgan fingerprint density at radius 3 is 2.64 bits per heavy atom. The van der Waals surface area contributed by atoms with Gasteiger partial charge in [0.1, 0.15) is 0 Å². The summed E-state index contributed by atoms with van der Waals surface area (Å²) in [6.07, 6.45) is 4.55. The van der Waals surface area contributed by atoms with Crippen LogP contribution in [0.2, 0.25) is 0 Å². The molecule has 4 unspecified atom stereocenters. The highest BCUT2D eigenvalue weighted by Gasteiger charge is 2.37. The third-order valence-electron chi connectivity index (χ3n) is 5.63. The van der Waals surface area contributed by atoms with Gasteiger partial charge in [0.15, 0.2) is 0 Å². The Bertz CT molecular complexity index is 612. The van der Waals surface area contributed by atoms with Gasteiger partial charge in [0.05, 0.1) is 23.7 Å². The van der Waals surface area contributed by atoms with E-state index < -0.39 is 27.8 Å². The van der Waals surface area contributed by atoms with Gasteiger partial charge in [-0.1, -0.05) is 19.8 Å². The summed E-state index contributed by atoms with van der Waals surface area (Å²) in [6.45, 7) is 7.51. The predicted octanol–water partition coefficient (Wildman–Crippen LogP) is 2.13. The second-order valence-corrected chi connectivity index (χ2v) is 9.87. The van der Waals surface area contributed by atoms with Crippen molar-refractivity contribution in [3.05, 3.63) is 0 Å². The van der Waals surface area contributed by atoms with Gasteiger partial charge in [0.25, 0.3) is 0 Å². The van der Waals surface area contributed by atoms with E-state index >= 15 is 0 Å². The molecule has 1 aliphatic heterocycles. The van der Waals surface area contributed by atoms with Gasteiger partial charge < -0.3 is 0 Å². The summed E-state index contributed by atoms with van der Waals surface area (Å²) in [5.41, 5.74) is 0. The number of nitrogens with one attached hydrogen (secondary N) is 1. The monoisotopic (exact) mass is 369 g/mol. The molecular formula is C18H31N3O3S. The molecule has 0 aromatic rings. The summed E-state index contributed by atoms with van der Waals surface area (Å²) in [5, 5.41) is 9.39. The fraction of sp³-hybridized carbons (Fsp3) is 0.889. The maximum Gasteiger partial charge on any atom is 0.237 e. The van der Waals surface area contributed by atoms with E-state index in [1.165, 1.54) is 0 Å². The Morgan fingerprint density at radius 2 is 2.04 bits per heavy atom. The van der Waals surface area contributed by atoms with E-state index in [0.717, 1.165) is 25.7 Å². The highest BCUT2D eigenvalue weighted by atomic mass is 32.2. The average Bonchev–Trinajstić information content (AvgIpc) is 2.53. The Hall–Kier alpha value is -1.13. The van der Waals surface area contributed by atoms with Crippen molar-refractivity contribution in [2.75, 3.05) is 18.8 Å². The molecule has 2 aliphatic rings. The molecule has 2 rings (SSSR count). The van der Waals surface area contributed by atoms with Gasteiger partial charge >= 0.3 is 0 Å². The lowest BCUT2D eigenvalue weighted by Gasteiger charge is -2.36. The molecule has 0 bridgehead atoms. The van der Waals surface area contributed by atoms with Crippen LogP contribution in [0.1, 0.15) is 52.9 Å². The molecule has 1 saturated carbocycles. The normalized spacial score (nSPS) is 31.5. The van der Waals surface area contributed by atoms with Crippen molar-refractivity contribution in [1.29, 1.82) is 5.26 Å². The summed E-state index contributed by atoms with van der Waals surface area (Å²) in [6, 6.07) is 2.51. The van der Waals surface area contributed by atoms with Crippen LogP contribution in [0.3, 0.4) is 0 Å². The van der Waals surface area contributed by atoms with Gasteiger partial charge in [-0.05, 0) is 51.5 Å². The molecule has 1 N–H and O–H groups in total. The molecule has 25 heavy (non-hydrogen) atoms. The zero-order chi connectivity index (χ0) is 18.6. The van der Waals surface area contributed by atoms with E-state index in [1.807, 2.05) is 0 Å². The quantitative estimate of drug-likeness (QED) is 0.802. The number of nitrogens with zero attached hydrogens (tertiary/aromatic N) is 2. The molecule has 7 heteroatoms. The van der Waals surface area contributed by atoms with Crippen LogP contribution in [0.15, 0.2) is 0 Å². The first-order valence-electron chi connectivity index (χ1n) is 9.39. The second kappa shape index (κ2) is 8.50. The van der Waals surface area contributed by atoms with Gasteiger partial charge in [0, 0.05) is 12.6 Å². The Morgan fingerprint density at radius 1 is 1.32 bits per heavy atom. The minimum atomic E-state index is -3.64. The molecule has 0 aromatic heterocycles. The third kappa shape index (κ3) is 5.68. The number of sulfonamides is 1. The van der Waals surface area contributed by atoms with Crippen LogP contribution in [0.5, 0.6) is 0 Å². The summed E-state index contributed by atoms with van der Waals surface area (Å²) in [7, 11) is -3.64. The van der Waals surface area contributed by atoms with Crippen molar-refractivity contribution in [2.45, 2.75) is 58.9 Å². The van der Waals surface area contributed by atoms with Gasteiger partial charge in [-0.25, -0.2) is 8.42 Å². The fourth-order valence-electron chi connectivity index (χ4n) is 4.18. The molecule has 0 aromatic carbocycles. The van der Waals surface area contributed by atoms with E-state index in [2.05, 4.69) is 36.5 Å². The number of amides is 1. The lowest BCUT2D eigenvalue weighted by molar-refractivity contribution is -0.126. The molecule has 1 aliphatic carbocycles. The van der Waals surface area contributed by atoms with Crippen LogP contribution in [0, 0.1) is 35.0 Å². The SMILES string of the molecule is CC1CCCC(CS(=O)(=O)NC(=O)C2CCN(C(C)C)CC2C#N)C1. The van der Waals surface area contributed by atoms with Crippen molar-refractivity contribution < 1.29 is 13.2 Å². The highest BCUT2D eigenvalue weighted by molar-refractivity contribution is 7.90. The zero-order valence-electron chi connectivity index (χ0n) is 15.6. The Balaban J connectivity index is 1.94. The standard InChI is InChI=1S/C18H31N3O3S/c1-13(2)21-8-7-17(16(10-19)11-21)18(22)20-25(23,24)12-15-6-4-5-14(3)9-15/h13-17H,4-9,11-12H2,1-3H3,(H,20,22). The number of nitriles is 1. The molecular weight excluding hydrogens is 338 g/mol. The van der Waals surface area contributed by atoms with E-state index in [4.69, 9.17) is 0 Å². The van der Waals surface area contributed by atoms with Crippen LogP contribution in [0.4, 0.5) is 0 Å². The van der Waals surface area contributed by atoms with E-state index in [1.54, 1.807) is 0 Å². The first-order valence-corrected chi connectivity index (χ1v) is 11.0. The Labute approximate surface area is 152 Å². The second-order valence-electron chi connectivity index (χ2n) is 8.10. The molecule has 4 atom stereocenters. The molecule has 1 saturated heterocycles. The smallest absolute Gasteiger partial charge is 0.237 e. The zero-order valence-corrected chi connectivity index (χ0v) is 16.4. The number of hydrogen-bond acceptors (Lipinski definition) is 5. The minimum absolute atomic E-state index is 0.0190. The van der Waals surface area contributed by atoms with Crippen molar-refractivity contribution in [3.63, 3.8) is 0 Å². The topological polar surface area (TPSA) is 90.3 Å². The van der Waals surface area contributed by atoms with Crippen LogP contribution < -0.4 is 4.72 Å². The summed E-state index contributed by atoms with van der Waals surface area (Å²) < 4.78 is 27.1. The predicted molar refractivity (Wildman–Crippen MR) is 97.0 cm³/mol. The van der Waals surface area contributed by atoms with Crippen LogP contribution >= 0.6 is 0 Å². The van der Waals surface area contributed by atoms with Crippen molar-refractivity contribution in [3.8, 4) is 6.07 Å². The van der Waals surface area contributed by atoms with E-state index in [0.29, 0.717) is 31.5 Å². The van der Waals surface area contributed by atoms with Crippen molar-refractivity contribution in [1.82, 2.24) is 9.62 Å². The highest BCUT2D eigenvalue weighted by Crippen LogP contribution is 2.30. The van der Waals surface area contributed by atoms with Gasteiger partial charge in [-0.2, -0.15) is 5.26 Å². The van der Waals surface area contributed by atoms with E-state index in [9.17, 15) is 18.5 Å².